The molecule has 1 aliphatic rings. The number of thiophene rings is 1. The summed E-state index contributed by atoms with van der Waals surface area (Å²) in [6.07, 6.45) is 3.12. The van der Waals surface area contributed by atoms with Gasteiger partial charge in [-0.25, -0.2) is 9.97 Å². The Morgan fingerprint density at radius 1 is 1.14 bits per heavy atom. The summed E-state index contributed by atoms with van der Waals surface area (Å²) < 4.78 is 1.01. The van der Waals surface area contributed by atoms with Crippen LogP contribution in [0.3, 0.4) is 0 Å². The maximum Gasteiger partial charge on any atom is 0.247 e. The number of aryl methyl sites for hydroxylation is 1. The van der Waals surface area contributed by atoms with E-state index in [1.54, 1.807) is 11.3 Å². The Kier molecular flexibility index (Phi) is 6.48. The molecular weight excluding hydrogens is 456 g/mol. The van der Waals surface area contributed by atoms with Gasteiger partial charge in [0.2, 0.25) is 11.9 Å². The van der Waals surface area contributed by atoms with E-state index < -0.39 is 0 Å². The molecule has 1 amide bonds. The fourth-order valence-electron chi connectivity index (χ4n) is 4.22. The van der Waals surface area contributed by atoms with E-state index in [2.05, 4.69) is 69.5 Å². The largest absolute Gasteiger partial charge is 0.369 e. The lowest BCUT2D eigenvalue weighted by atomic mass is 10.1. The van der Waals surface area contributed by atoms with Crippen LogP contribution in [0.4, 0.5) is 23.0 Å². The molecule has 0 saturated carbocycles. The van der Waals surface area contributed by atoms with Crippen molar-refractivity contribution >= 4 is 50.5 Å². The first-order chi connectivity index (χ1) is 17.0. The standard InChI is InChI=1S/C27H28N6OS/c1-4-25(34)29-20-7-5-6-19(15-20)22-17-35-24-16-28-27(31-26(22)24)30-23-9-8-21(14-18(23)2)33-12-10-32(3)11-13-33/h4-9,14-17H,1,10-13H2,2-3H3,(H,29,34)(H,28,30,31). The summed E-state index contributed by atoms with van der Waals surface area (Å²) >= 11 is 1.60. The predicted octanol–water partition coefficient (Wildman–Crippen LogP) is 5.29. The highest BCUT2D eigenvalue weighted by molar-refractivity contribution is 7.17. The number of hydrogen-bond donors (Lipinski definition) is 2. The van der Waals surface area contributed by atoms with E-state index in [1.165, 1.54) is 11.8 Å². The molecule has 0 radical (unpaired) electrons. The van der Waals surface area contributed by atoms with E-state index in [1.807, 2.05) is 30.5 Å². The number of hydrogen-bond acceptors (Lipinski definition) is 7. The van der Waals surface area contributed by atoms with Gasteiger partial charge in [0.15, 0.2) is 0 Å². The summed E-state index contributed by atoms with van der Waals surface area (Å²) in [5, 5.41) is 8.30. The van der Waals surface area contributed by atoms with Crippen molar-refractivity contribution in [2.24, 2.45) is 0 Å². The van der Waals surface area contributed by atoms with Crippen LogP contribution in [0.5, 0.6) is 0 Å². The lowest BCUT2D eigenvalue weighted by Crippen LogP contribution is -2.44. The molecule has 0 bridgehead atoms. The topological polar surface area (TPSA) is 73.4 Å². The Hall–Kier alpha value is -3.75. The number of nitrogens with zero attached hydrogens (tertiary/aromatic N) is 4. The molecule has 1 aliphatic heterocycles. The first-order valence-corrected chi connectivity index (χ1v) is 12.5. The molecule has 0 spiro atoms. The fourth-order valence-corrected chi connectivity index (χ4v) is 5.09. The summed E-state index contributed by atoms with van der Waals surface area (Å²) in [5.74, 6) is 0.323. The number of carbonyl (C=O) groups excluding carboxylic acids is 1. The highest BCUT2D eigenvalue weighted by Crippen LogP contribution is 2.34. The molecule has 1 fully saturated rings. The zero-order valence-corrected chi connectivity index (χ0v) is 20.7. The predicted molar refractivity (Wildman–Crippen MR) is 146 cm³/mol. The average Bonchev–Trinajstić information content (AvgIpc) is 3.29. The molecule has 2 N–H and O–H groups in total. The van der Waals surface area contributed by atoms with Crippen LogP contribution in [0.2, 0.25) is 0 Å². The molecule has 178 valence electrons. The van der Waals surface area contributed by atoms with Crippen molar-refractivity contribution in [1.82, 2.24) is 14.9 Å². The van der Waals surface area contributed by atoms with Crippen molar-refractivity contribution in [2.45, 2.75) is 6.92 Å². The van der Waals surface area contributed by atoms with Gasteiger partial charge in [-0.15, -0.1) is 11.3 Å². The van der Waals surface area contributed by atoms with Crippen LogP contribution in [0, 0.1) is 6.92 Å². The quantitative estimate of drug-likeness (QED) is 0.363. The summed E-state index contributed by atoms with van der Waals surface area (Å²) in [6.45, 7) is 9.88. The molecule has 5 rings (SSSR count). The molecule has 8 heteroatoms. The van der Waals surface area contributed by atoms with Crippen LogP contribution in [-0.2, 0) is 4.79 Å². The van der Waals surface area contributed by atoms with Gasteiger partial charge in [-0.3, -0.25) is 4.79 Å². The average molecular weight is 485 g/mol. The van der Waals surface area contributed by atoms with Crippen LogP contribution in [0.25, 0.3) is 21.3 Å². The molecule has 35 heavy (non-hydrogen) atoms. The Balaban J connectivity index is 1.39. The highest BCUT2D eigenvalue weighted by atomic mass is 32.1. The molecular formula is C27H28N6OS. The van der Waals surface area contributed by atoms with Crippen LogP contribution >= 0.6 is 11.3 Å². The molecule has 3 heterocycles. The van der Waals surface area contributed by atoms with Crippen molar-refractivity contribution in [3.63, 3.8) is 0 Å². The van der Waals surface area contributed by atoms with Gasteiger partial charge < -0.3 is 20.4 Å². The van der Waals surface area contributed by atoms with Crippen LogP contribution < -0.4 is 15.5 Å². The van der Waals surface area contributed by atoms with E-state index in [-0.39, 0.29) is 5.91 Å². The minimum Gasteiger partial charge on any atom is -0.369 e. The number of amides is 1. The van der Waals surface area contributed by atoms with Gasteiger partial charge >= 0.3 is 0 Å². The van der Waals surface area contributed by atoms with Crippen LogP contribution in [0.15, 0.2) is 66.7 Å². The second kappa shape index (κ2) is 9.85. The van der Waals surface area contributed by atoms with Crippen molar-refractivity contribution in [1.29, 1.82) is 0 Å². The van der Waals surface area contributed by atoms with Gasteiger partial charge in [0.05, 0.1) is 16.4 Å². The number of aromatic nitrogens is 2. The number of carbonyl (C=O) groups is 1. The number of fused-ring (bicyclic) bond motifs is 1. The summed E-state index contributed by atoms with van der Waals surface area (Å²) in [6, 6.07) is 14.2. The minimum absolute atomic E-state index is 0.236. The minimum atomic E-state index is -0.236. The van der Waals surface area contributed by atoms with E-state index in [0.29, 0.717) is 5.95 Å². The molecule has 0 unspecified atom stereocenters. The van der Waals surface area contributed by atoms with E-state index >= 15 is 0 Å². The van der Waals surface area contributed by atoms with Gasteiger partial charge in [0, 0.05) is 54.2 Å². The zero-order chi connectivity index (χ0) is 24.4. The SMILES string of the molecule is C=CC(=O)Nc1cccc(-c2csc3cnc(Nc4ccc(N5CCN(C)CC5)cc4C)nc23)c1. The second-order valence-corrected chi connectivity index (χ2v) is 9.66. The molecule has 4 aromatic rings. The molecule has 1 saturated heterocycles. The smallest absolute Gasteiger partial charge is 0.247 e. The van der Waals surface area contributed by atoms with Gasteiger partial charge in [-0.2, -0.15) is 0 Å². The normalized spacial score (nSPS) is 14.2. The Bertz CT molecular complexity index is 1390. The summed E-state index contributed by atoms with van der Waals surface area (Å²) in [4.78, 5) is 25.9. The van der Waals surface area contributed by atoms with E-state index in [0.717, 1.165) is 64.5 Å². The first kappa shape index (κ1) is 23.0. The number of likely N-dealkylation sites (N-methyl/N-ethyl adjacent to an activating group) is 1. The van der Waals surface area contributed by atoms with Crippen molar-refractivity contribution in [3.8, 4) is 11.1 Å². The molecule has 2 aromatic carbocycles. The lowest BCUT2D eigenvalue weighted by Gasteiger charge is -2.34. The maximum atomic E-state index is 11.7. The number of nitrogens with one attached hydrogen (secondary N) is 2. The number of anilines is 4. The summed E-state index contributed by atoms with van der Waals surface area (Å²) in [7, 11) is 2.17. The highest BCUT2D eigenvalue weighted by Gasteiger charge is 2.16. The Morgan fingerprint density at radius 2 is 1.97 bits per heavy atom. The van der Waals surface area contributed by atoms with E-state index in [9.17, 15) is 4.79 Å². The Labute approximate surface area is 209 Å². The Morgan fingerprint density at radius 3 is 2.74 bits per heavy atom. The van der Waals surface area contributed by atoms with Crippen molar-refractivity contribution < 1.29 is 4.79 Å². The third-order valence-electron chi connectivity index (χ3n) is 6.27. The fraction of sp³-hybridized carbons (Fsp3) is 0.222. The molecule has 7 nitrogen and oxygen atoms in total. The van der Waals surface area contributed by atoms with E-state index in [4.69, 9.17) is 4.98 Å². The van der Waals surface area contributed by atoms with Crippen molar-refractivity contribution in [3.05, 3.63) is 72.3 Å². The van der Waals surface area contributed by atoms with Gasteiger partial charge in [0.25, 0.3) is 0 Å². The second-order valence-electron chi connectivity index (χ2n) is 8.74. The van der Waals surface area contributed by atoms with Gasteiger partial charge in [0.1, 0.15) is 0 Å². The summed E-state index contributed by atoms with van der Waals surface area (Å²) in [5.41, 5.74) is 6.99. The monoisotopic (exact) mass is 484 g/mol. The van der Waals surface area contributed by atoms with Crippen molar-refractivity contribution in [2.75, 3.05) is 48.8 Å². The lowest BCUT2D eigenvalue weighted by molar-refractivity contribution is -0.111. The van der Waals surface area contributed by atoms with Gasteiger partial charge in [-0.1, -0.05) is 18.7 Å². The van der Waals surface area contributed by atoms with Crippen LogP contribution in [0.1, 0.15) is 5.56 Å². The number of benzene rings is 2. The number of piperazine rings is 1. The van der Waals surface area contributed by atoms with Gasteiger partial charge in [-0.05, 0) is 61.5 Å². The number of rotatable bonds is 6. The third-order valence-corrected chi connectivity index (χ3v) is 7.17. The maximum absolute atomic E-state index is 11.7. The molecule has 0 aliphatic carbocycles. The zero-order valence-electron chi connectivity index (χ0n) is 19.9. The molecule has 2 aromatic heterocycles. The third kappa shape index (κ3) is 5.03. The first-order valence-electron chi connectivity index (χ1n) is 11.6. The van der Waals surface area contributed by atoms with Crippen LogP contribution in [-0.4, -0.2) is 54.0 Å². The molecule has 0 atom stereocenters.